The summed E-state index contributed by atoms with van der Waals surface area (Å²) in [5, 5.41) is 3.00. The lowest BCUT2D eigenvalue weighted by atomic mass is 10.0. The molecule has 162 valence electrons. The van der Waals surface area contributed by atoms with Gasteiger partial charge in [0.25, 0.3) is 5.91 Å². The van der Waals surface area contributed by atoms with Crippen LogP contribution in [-0.4, -0.2) is 18.0 Å². The second-order valence-electron chi connectivity index (χ2n) is 7.28. The third-order valence-electron chi connectivity index (χ3n) is 5.14. The van der Waals surface area contributed by atoms with Gasteiger partial charge in [-0.15, -0.1) is 0 Å². The Labute approximate surface area is 186 Å². The first-order valence-corrected chi connectivity index (χ1v) is 10.3. The molecular weight excluding hydrogens is 404 g/mol. The molecule has 1 unspecified atom stereocenters. The van der Waals surface area contributed by atoms with E-state index in [4.69, 9.17) is 13.9 Å². The van der Waals surface area contributed by atoms with Crippen LogP contribution in [0.1, 0.15) is 34.6 Å². The van der Waals surface area contributed by atoms with Crippen LogP contribution in [0.15, 0.2) is 89.8 Å². The van der Waals surface area contributed by atoms with E-state index in [1.807, 2.05) is 67.6 Å². The lowest BCUT2D eigenvalue weighted by Crippen LogP contribution is -2.26. The number of amides is 1. The number of carbonyl (C=O) groups excluding carboxylic acids is 1. The fourth-order valence-corrected chi connectivity index (χ4v) is 3.39. The highest BCUT2D eigenvalue weighted by Crippen LogP contribution is 2.31. The molecule has 4 rings (SSSR count). The molecule has 0 spiro atoms. The minimum absolute atomic E-state index is 0.264. The van der Waals surface area contributed by atoms with E-state index >= 15 is 0 Å². The van der Waals surface area contributed by atoms with E-state index in [0.29, 0.717) is 18.1 Å². The molecule has 6 nitrogen and oxygen atoms in total. The van der Waals surface area contributed by atoms with Crippen LogP contribution in [0.25, 0.3) is 11.1 Å². The van der Waals surface area contributed by atoms with Crippen LogP contribution in [0.2, 0.25) is 0 Å². The quantitative estimate of drug-likeness (QED) is 0.406. The number of nitrogens with one attached hydrogen (secondary N) is 1. The SMILES string of the molecule is COc1cc(C(C)NC(=O)c2occc2-c2ccccc2)ccc1OCc1ccncc1. The van der Waals surface area contributed by atoms with Crippen molar-refractivity contribution < 1.29 is 18.7 Å². The number of nitrogens with zero attached hydrogens (tertiary/aromatic N) is 1. The summed E-state index contributed by atoms with van der Waals surface area (Å²) in [4.78, 5) is 16.9. The van der Waals surface area contributed by atoms with E-state index in [1.165, 1.54) is 6.26 Å². The average Bonchev–Trinajstić information content (AvgIpc) is 3.34. The van der Waals surface area contributed by atoms with Gasteiger partial charge < -0.3 is 19.2 Å². The molecule has 1 amide bonds. The van der Waals surface area contributed by atoms with Gasteiger partial charge in [-0.25, -0.2) is 0 Å². The molecule has 4 aromatic rings. The Morgan fingerprint density at radius 2 is 1.81 bits per heavy atom. The molecule has 0 aliphatic rings. The second kappa shape index (κ2) is 9.83. The number of benzene rings is 2. The first-order valence-electron chi connectivity index (χ1n) is 10.3. The van der Waals surface area contributed by atoms with Crippen LogP contribution in [0, 0.1) is 0 Å². The zero-order valence-corrected chi connectivity index (χ0v) is 17.9. The molecule has 0 saturated heterocycles. The average molecular weight is 428 g/mol. The molecular formula is C26H24N2O4. The predicted octanol–water partition coefficient (Wildman–Crippen LogP) is 5.42. The largest absolute Gasteiger partial charge is 0.493 e. The number of hydrogen-bond acceptors (Lipinski definition) is 5. The fraction of sp³-hybridized carbons (Fsp3) is 0.154. The number of furan rings is 1. The molecule has 0 aliphatic carbocycles. The van der Waals surface area contributed by atoms with E-state index in [0.717, 1.165) is 22.3 Å². The lowest BCUT2D eigenvalue weighted by Gasteiger charge is -2.17. The molecule has 2 heterocycles. The van der Waals surface area contributed by atoms with Crippen molar-refractivity contribution in [2.45, 2.75) is 19.6 Å². The molecule has 1 atom stereocenters. The Hall–Kier alpha value is -4.06. The summed E-state index contributed by atoms with van der Waals surface area (Å²) in [6.45, 7) is 2.32. The Bertz CT molecular complexity index is 1170. The summed E-state index contributed by atoms with van der Waals surface area (Å²) in [6.07, 6.45) is 4.98. The minimum atomic E-state index is -0.279. The molecule has 32 heavy (non-hydrogen) atoms. The molecule has 2 aromatic carbocycles. The molecule has 0 fully saturated rings. The third-order valence-corrected chi connectivity index (χ3v) is 5.14. The summed E-state index contributed by atoms with van der Waals surface area (Å²) in [5.41, 5.74) is 3.59. The summed E-state index contributed by atoms with van der Waals surface area (Å²) >= 11 is 0. The summed E-state index contributed by atoms with van der Waals surface area (Å²) in [7, 11) is 1.59. The van der Waals surface area contributed by atoms with Crippen molar-refractivity contribution in [1.82, 2.24) is 10.3 Å². The number of hydrogen-bond donors (Lipinski definition) is 1. The third kappa shape index (κ3) is 4.81. The van der Waals surface area contributed by atoms with Gasteiger partial charge in [0.15, 0.2) is 17.3 Å². The van der Waals surface area contributed by atoms with Crippen LogP contribution in [0.3, 0.4) is 0 Å². The molecule has 0 bridgehead atoms. The van der Waals surface area contributed by atoms with Gasteiger partial charge in [-0.1, -0.05) is 36.4 Å². The second-order valence-corrected chi connectivity index (χ2v) is 7.28. The topological polar surface area (TPSA) is 73.6 Å². The number of methoxy groups -OCH3 is 1. The Balaban J connectivity index is 1.46. The van der Waals surface area contributed by atoms with E-state index in [1.54, 1.807) is 25.6 Å². The zero-order chi connectivity index (χ0) is 22.3. The zero-order valence-electron chi connectivity index (χ0n) is 17.9. The molecule has 0 aliphatic heterocycles. The molecule has 1 N–H and O–H groups in total. The molecule has 2 aromatic heterocycles. The number of carbonyl (C=O) groups is 1. The summed E-state index contributed by atoms with van der Waals surface area (Å²) < 4.78 is 16.9. The van der Waals surface area contributed by atoms with E-state index in [9.17, 15) is 4.79 Å². The van der Waals surface area contributed by atoms with Gasteiger partial charge in [-0.05, 0) is 53.9 Å². The van der Waals surface area contributed by atoms with Gasteiger partial charge in [0, 0.05) is 18.0 Å². The minimum Gasteiger partial charge on any atom is -0.493 e. The van der Waals surface area contributed by atoms with E-state index in [-0.39, 0.29) is 17.7 Å². The van der Waals surface area contributed by atoms with Gasteiger partial charge in [0.1, 0.15) is 6.61 Å². The monoisotopic (exact) mass is 428 g/mol. The van der Waals surface area contributed by atoms with E-state index in [2.05, 4.69) is 10.3 Å². The van der Waals surface area contributed by atoms with Crippen LogP contribution >= 0.6 is 0 Å². The molecule has 6 heteroatoms. The first kappa shape index (κ1) is 21.2. The van der Waals surface area contributed by atoms with Crippen LogP contribution in [0.5, 0.6) is 11.5 Å². The number of ether oxygens (including phenoxy) is 2. The van der Waals surface area contributed by atoms with Crippen LogP contribution in [0.4, 0.5) is 0 Å². The lowest BCUT2D eigenvalue weighted by molar-refractivity contribution is 0.0912. The normalized spacial score (nSPS) is 11.6. The van der Waals surface area contributed by atoms with E-state index < -0.39 is 0 Å². The van der Waals surface area contributed by atoms with Crippen molar-refractivity contribution in [2.75, 3.05) is 7.11 Å². The highest BCUT2D eigenvalue weighted by Gasteiger charge is 2.20. The Kier molecular flexibility index (Phi) is 6.51. The van der Waals surface area contributed by atoms with Gasteiger partial charge in [0.05, 0.1) is 19.4 Å². The first-order chi connectivity index (χ1) is 15.7. The highest BCUT2D eigenvalue weighted by atomic mass is 16.5. The number of pyridine rings is 1. The standard InChI is InChI=1S/C26H24N2O4/c1-18(28-26(29)25-22(12-15-31-25)20-6-4-3-5-7-20)21-8-9-23(24(16-21)30-2)32-17-19-10-13-27-14-11-19/h3-16,18H,17H2,1-2H3,(H,28,29). The highest BCUT2D eigenvalue weighted by molar-refractivity contribution is 5.98. The predicted molar refractivity (Wildman–Crippen MR) is 122 cm³/mol. The van der Waals surface area contributed by atoms with Crippen molar-refractivity contribution in [1.29, 1.82) is 0 Å². The van der Waals surface area contributed by atoms with Crippen molar-refractivity contribution >= 4 is 5.91 Å². The van der Waals surface area contributed by atoms with Crippen molar-refractivity contribution in [3.05, 3.63) is 102 Å². The Morgan fingerprint density at radius 3 is 2.56 bits per heavy atom. The molecule has 0 saturated carbocycles. The van der Waals surface area contributed by atoms with Crippen molar-refractivity contribution in [3.63, 3.8) is 0 Å². The number of rotatable bonds is 8. The van der Waals surface area contributed by atoms with Crippen LogP contribution < -0.4 is 14.8 Å². The summed E-state index contributed by atoms with van der Waals surface area (Å²) in [6, 6.07) is 20.6. The van der Waals surface area contributed by atoms with Crippen molar-refractivity contribution in [2.24, 2.45) is 0 Å². The smallest absolute Gasteiger partial charge is 0.288 e. The van der Waals surface area contributed by atoms with Crippen molar-refractivity contribution in [3.8, 4) is 22.6 Å². The van der Waals surface area contributed by atoms with Gasteiger partial charge >= 0.3 is 0 Å². The maximum absolute atomic E-state index is 12.9. The Morgan fingerprint density at radius 1 is 1.03 bits per heavy atom. The fourth-order valence-electron chi connectivity index (χ4n) is 3.39. The van der Waals surface area contributed by atoms with Crippen LogP contribution in [-0.2, 0) is 6.61 Å². The van der Waals surface area contributed by atoms with Gasteiger partial charge in [-0.3, -0.25) is 9.78 Å². The number of aromatic nitrogens is 1. The van der Waals surface area contributed by atoms with Gasteiger partial charge in [-0.2, -0.15) is 0 Å². The molecule has 0 radical (unpaired) electrons. The summed E-state index contributed by atoms with van der Waals surface area (Å²) in [5.74, 6) is 1.23. The maximum atomic E-state index is 12.9. The van der Waals surface area contributed by atoms with Gasteiger partial charge in [0.2, 0.25) is 0 Å². The maximum Gasteiger partial charge on any atom is 0.288 e.